The Balaban J connectivity index is 0.00000261. The zero-order valence-electron chi connectivity index (χ0n) is 15.4. The van der Waals surface area contributed by atoms with Crippen LogP contribution in [0, 0.1) is 0 Å². The second-order valence-electron chi connectivity index (χ2n) is 7.00. The van der Waals surface area contributed by atoms with Crippen molar-refractivity contribution in [1.82, 2.24) is 5.32 Å². The van der Waals surface area contributed by atoms with Gasteiger partial charge in [0.2, 0.25) is 5.91 Å². The van der Waals surface area contributed by atoms with Crippen molar-refractivity contribution in [3.8, 4) is 0 Å². The molecule has 2 aromatic rings. The number of nitrogens with one attached hydrogen (secondary N) is 2. The second-order valence-corrected chi connectivity index (χ2v) is 7.00. The van der Waals surface area contributed by atoms with Crippen molar-refractivity contribution in [2.24, 2.45) is 5.73 Å². The maximum Gasteiger partial charge on any atom is 0.255 e. The molecule has 1 fully saturated rings. The fraction of sp³-hybridized carbons (Fsp3) is 0.333. The summed E-state index contributed by atoms with van der Waals surface area (Å²) in [6, 6.07) is 16.4. The normalized spacial score (nSPS) is 16.1. The maximum absolute atomic E-state index is 12.5. The van der Waals surface area contributed by atoms with Gasteiger partial charge in [-0.15, -0.1) is 12.4 Å². The van der Waals surface area contributed by atoms with Gasteiger partial charge in [-0.05, 0) is 49.6 Å². The molecule has 6 heteroatoms. The third kappa shape index (κ3) is 5.08. The largest absolute Gasteiger partial charge is 0.348 e. The predicted octanol–water partition coefficient (Wildman–Crippen LogP) is 3.81. The quantitative estimate of drug-likeness (QED) is 0.729. The molecular weight excluding hydrogens is 362 g/mol. The topological polar surface area (TPSA) is 84.2 Å². The van der Waals surface area contributed by atoms with E-state index < -0.39 is 5.54 Å². The Bertz CT molecular complexity index is 789. The first-order valence-electron chi connectivity index (χ1n) is 9.04. The van der Waals surface area contributed by atoms with E-state index >= 15 is 0 Å². The van der Waals surface area contributed by atoms with Crippen molar-refractivity contribution in [3.05, 3.63) is 65.7 Å². The predicted molar refractivity (Wildman–Crippen MR) is 110 cm³/mol. The Morgan fingerprint density at radius 2 is 1.70 bits per heavy atom. The van der Waals surface area contributed by atoms with Gasteiger partial charge in [0.05, 0.1) is 11.6 Å². The highest BCUT2D eigenvalue weighted by Crippen LogP contribution is 2.28. The van der Waals surface area contributed by atoms with Crippen LogP contribution in [0.25, 0.3) is 0 Å². The molecule has 1 aliphatic carbocycles. The molecule has 0 bridgehead atoms. The zero-order valence-corrected chi connectivity index (χ0v) is 16.2. The lowest BCUT2D eigenvalue weighted by Crippen LogP contribution is -2.52. The van der Waals surface area contributed by atoms with E-state index in [0.29, 0.717) is 11.3 Å². The molecule has 1 unspecified atom stereocenters. The number of carbonyl (C=O) groups excluding carboxylic acids is 2. The van der Waals surface area contributed by atoms with E-state index in [4.69, 9.17) is 5.73 Å². The summed E-state index contributed by atoms with van der Waals surface area (Å²) >= 11 is 0. The average molecular weight is 388 g/mol. The summed E-state index contributed by atoms with van der Waals surface area (Å²) < 4.78 is 0. The second kappa shape index (κ2) is 9.02. The molecule has 1 atom stereocenters. The van der Waals surface area contributed by atoms with Gasteiger partial charge < -0.3 is 16.4 Å². The van der Waals surface area contributed by atoms with Crippen LogP contribution in [0.5, 0.6) is 0 Å². The summed E-state index contributed by atoms with van der Waals surface area (Å²) in [5.41, 5.74) is 7.70. The van der Waals surface area contributed by atoms with Crippen molar-refractivity contribution >= 4 is 29.9 Å². The molecule has 2 amide bonds. The molecule has 0 saturated heterocycles. The summed E-state index contributed by atoms with van der Waals surface area (Å²) in [5, 5.41) is 5.91. The number of carbonyl (C=O) groups is 2. The number of hydrogen-bond donors (Lipinski definition) is 3. The Morgan fingerprint density at radius 1 is 1.04 bits per heavy atom. The molecule has 2 aromatic carbocycles. The minimum atomic E-state index is -0.743. The Labute approximate surface area is 166 Å². The van der Waals surface area contributed by atoms with Crippen LogP contribution in [-0.2, 0) is 4.79 Å². The molecule has 1 aliphatic rings. The first-order valence-corrected chi connectivity index (χ1v) is 9.04. The molecule has 0 aromatic heterocycles. The van der Waals surface area contributed by atoms with Gasteiger partial charge in [0, 0.05) is 11.3 Å². The van der Waals surface area contributed by atoms with E-state index in [0.717, 1.165) is 31.2 Å². The fourth-order valence-electron chi connectivity index (χ4n) is 3.34. The molecule has 0 spiro atoms. The first-order chi connectivity index (χ1) is 12.5. The van der Waals surface area contributed by atoms with Crippen LogP contribution in [0.2, 0.25) is 0 Å². The minimum absolute atomic E-state index is 0. The van der Waals surface area contributed by atoms with Gasteiger partial charge in [0.1, 0.15) is 0 Å². The number of nitrogens with two attached hydrogens (primary N) is 1. The van der Waals surface area contributed by atoms with Gasteiger partial charge in [0.15, 0.2) is 0 Å². The number of benzene rings is 2. The van der Waals surface area contributed by atoms with Crippen molar-refractivity contribution < 1.29 is 9.59 Å². The highest BCUT2D eigenvalue weighted by atomic mass is 35.5. The summed E-state index contributed by atoms with van der Waals surface area (Å²) in [4.78, 5) is 24.8. The van der Waals surface area contributed by atoms with E-state index in [9.17, 15) is 9.59 Å². The number of rotatable bonds is 5. The molecule has 0 aliphatic heterocycles. The lowest BCUT2D eigenvalue weighted by molar-refractivity contribution is -0.126. The van der Waals surface area contributed by atoms with Crippen molar-refractivity contribution in [2.75, 3.05) is 5.32 Å². The fourth-order valence-corrected chi connectivity index (χ4v) is 3.34. The van der Waals surface area contributed by atoms with Crippen molar-refractivity contribution in [2.45, 2.75) is 44.2 Å². The van der Waals surface area contributed by atoms with Gasteiger partial charge in [-0.25, -0.2) is 0 Å². The highest BCUT2D eigenvalue weighted by molar-refractivity contribution is 6.04. The Hall–Kier alpha value is -2.37. The maximum atomic E-state index is 12.5. The van der Waals surface area contributed by atoms with E-state index in [-0.39, 0.29) is 30.3 Å². The van der Waals surface area contributed by atoms with Crippen LogP contribution < -0.4 is 16.4 Å². The van der Waals surface area contributed by atoms with E-state index in [1.807, 2.05) is 49.4 Å². The minimum Gasteiger partial charge on any atom is -0.348 e. The first kappa shape index (κ1) is 20.9. The summed E-state index contributed by atoms with van der Waals surface area (Å²) in [7, 11) is 0. The Morgan fingerprint density at radius 3 is 2.37 bits per heavy atom. The van der Waals surface area contributed by atoms with E-state index in [1.54, 1.807) is 12.1 Å². The molecule has 1 saturated carbocycles. The van der Waals surface area contributed by atoms with Crippen molar-refractivity contribution in [3.63, 3.8) is 0 Å². The number of hydrogen-bond acceptors (Lipinski definition) is 3. The third-order valence-corrected chi connectivity index (χ3v) is 4.98. The van der Waals surface area contributed by atoms with Crippen LogP contribution in [-0.4, -0.2) is 17.4 Å². The van der Waals surface area contributed by atoms with Crippen LogP contribution in [0.3, 0.4) is 0 Å². The van der Waals surface area contributed by atoms with E-state index in [2.05, 4.69) is 10.6 Å². The third-order valence-electron chi connectivity index (χ3n) is 4.98. The lowest BCUT2D eigenvalue weighted by Gasteiger charge is -2.25. The summed E-state index contributed by atoms with van der Waals surface area (Å²) in [6.45, 7) is 1.92. The highest BCUT2D eigenvalue weighted by Gasteiger charge is 2.37. The van der Waals surface area contributed by atoms with Gasteiger partial charge in [-0.3, -0.25) is 9.59 Å². The summed E-state index contributed by atoms with van der Waals surface area (Å²) in [6.07, 6.45) is 3.47. The molecule has 27 heavy (non-hydrogen) atoms. The molecule has 4 N–H and O–H groups in total. The zero-order chi connectivity index (χ0) is 18.6. The van der Waals surface area contributed by atoms with Gasteiger partial charge in [0.25, 0.3) is 5.91 Å². The van der Waals surface area contributed by atoms with Crippen LogP contribution >= 0.6 is 12.4 Å². The lowest BCUT2D eigenvalue weighted by atomic mass is 9.97. The van der Waals surface area contributed by atoms with Crippen LogP contribution in [0.15, 0.2) is 54.6 Å². The van der Waals surface area contributed by atoms with Gasteiger partial charge in [-0.2, -0.15) is 0 Å². The van der Waals surface area contributed by atoms with Crippen molar-refractivity contribution in [1.29, 1.82) is 0 Å². The number of halogens is 1. The number of amides is 2. The SMILES string of the molecule is CC(NC(=O)C1(N)CCCC1)c1cccc(NC(=O)c2ccccc2)c1.Cl. The van der Waals surface area contributed by atoms with Crippen LogP contribution in [0.4, 0.5) is 5.69 Å². The molecule has 5 nitrogen and oxygen atoms in total. The Kier molecular flexibility index (Phi) is 6.99. The number of anilines is 1. The van der Waals surface area contributed by atoms with Crippen LogP contribution in [0.1, 0.15) is 54.6 Å². The molecule has 0 heterocycles. The van der Waals surface area contributed by atoms with Gasteiger partial charge >= 0.3 is 0 Å². The monoisotopic (exact) mass is 387 g/mol. The average Bonchev–Trinajstić information content (AvgIpc) is 3.10. The molecule has 0 radical (unpaired) electrons. The molecule has 144 valence electrons. The standard InChI is InChI=1S/C21H25N3O2.ClH/c1-15(23-20(26)21(22)12-5-6-13-21)17-10-7-11-18(14-17)24-19(25)16-8-3-2-4-9-16;/h2-4,7-11,14-15H,5-6,12-13,22H2,1H3,(H,23,26)(H,24,25);1H. The molecular formula is C21H26ClN3O2. The smallest absolute Gasteiger partial charge is 0.255 e. The summed E-state index contributed by atoms with van der Waals surface area (Å²) in [5.74, 6) is -0.257. The van der Waals surface area contributed by atoms with Gasteiger partial charge in [-0.1, -0.05) is 43.2 Å². The van der Waals surface area contributed by atoms with E-state index in [1.165, 1.54) is 0 Å². The molecule has 3 rings (SSSR count).